The summed E-state index contributed by atoms with van der Waals surface area (Å²) in [6.45, 7) is 1.18. The first-order valence-electron chi connectivity index (χ1n) is 7.44. The zero-order valence-corrected chi connectivity index (χ0v) is 11.5. The lowest BCUT2D eigenvalue weighted by Gasteiger charge is -2.29. The van der Waals surface area contributed by atoms with Gasteiger partial charge in [0.15, 0.2) is 0 Å². The van der Waals surface area contributed by atoms with Crippen LogP contribution < -0.4 is 5.32 Å². The van der Waals surface area contributed by atoms with Crippen molar-refractivity contribution >= 4 is 10.9 Å². The van der Waals surface area contributed by atoms with Crippen molar-refractivity contribution < 1.29 is 0 Å². The summed E-state index contributed by atoms with van der Waals surface area (Å²) in [6, 6.07) is 8.60. The molecule has 0 spiro atoms. The summed E-state index contributed by atoms with van der Waals surface area (Å²) in [7, 11) is 2.05. The van der Waals surface area contributed by atoms with E-state index in [1.165, 1.54) is 48.8 Å². The Morgan fingerprint density at radius 3 is 2.95 bits per heavy atom. The van der Waals surface area contributed by atoms with E-state index >= 15 is 0 Å². The number of rotatable bonds is 3. The van der Waals surface area contributed by atoms with Crippen LogP contribution >= 0.6 is 0 Å². The first-order chi connectivity index (χ1) is 9.28. The Morgan fingerprint density at radius 1 is 1.37 bits per heavy atom. The Balaban J connectivity index is 1.74. The number of fused-ring (bicyclic) bond motifs is 1. The van der Waals surface area contributed by atoms with Crippen molar-refractivity contribution in [1.82, 2.24) is 15.1 Å². The molecule has 0 radical (unpaired) electrons. The highest BCUT2D eigenvalue weighted by molar-refractivity contribution is 5.82. The van der Waals surface area contributed by atoms with Crippen LogP contribution in [0.1, 0.15) is 31.4 Å². The molecule has 4 rings (SSSR count). The Labute approximate surface area is 114 Å². The van der Waals surface area contributed by atoms with Crippen LogP contribution in [0, 0.1) is 5.92 Å². The van der Waals surface area contributed by atoms with Gasteiger partial charge in [-0.05, 0) is 44.2 Å². The minimum absolute atomic E-state index is 0.344. The molecule has 100 valence electrons. The van der Waals surface area contributed by atoms with E-state index in [1.54, 1.807) is 0 Å². The molecule has 0 bridgehead atoms. The zero-order chi connectivity index (χ0) is 12.9. The number of hydrogen-bond acceptors (Lipinski definition) is 2. The van der Waals surface area contributed by atoms with Crippen LogP contribution in [0.4, 0.5) is 0 Å². The predicted molar refractivity (Wildman–Crippen MR) is 77.1 cm³/mol. The van der Waals surface area contributed by atoms with Gasteiger partial charge in [0.05, 0.1) is 11.2 Å². The Kier molecular flexibility index (Phi) is 2.46. The van der Waals surface area contributed by atoms with Crippen LogP contribution in [0.2, 0.25) is 0 Å². The summed E-state index contributed by atoms with van der Waals surface area (Å²) < 4.78 is 2.03. The Morgan fingerprint density at radius 2 is 2.21 bits per heavy atom. The SMILES string of the molecule is Cn1nc(CC2(C3CC3)CCCN2)c2ccccc21. The normalized spacial score (nSPS) is 27.2. The van der Waals surface area contributed by atoms with E-state index in [0.717, 1.165) is 12.3 Å². The molecule has 2 aliphatic rings. The fourth-order valence-electron chi connectivity index (χ4n) is 3.83. The van der Waals surface area contributed by atoms with Crippen LogP contribution in [0.3, 0.4) is 0 Å². The van der Waals surface area contributed by atoms with Gasteiger partial charge in [-0.15, -0.1) is 0 Å². The van der Waals surface area contributed by atoms with Crippen LogP contribution in [-0.4, -0.2) is 21.9 Å². The zero-order valence-electron chi connectivity index (χ0n) is 11.5. The molecule has 3 heteroatoms. The summed E-state index contributed by atoms with van der Waals surface area (Å²) in [5.74, 6) is 0.885. The van der Waals surface area contributed by atoms with Crippen molar-refractivity contribution in [2.45, 2.75) is 37.6 Å². The summed E-state index contributed by atoms with van der Waals surface area (Å²) >= 11 is 0. The minimum atomic E-state index is 0.344. The van der Waals surface area contributed by atoms with Crippen molar-refractivity contribution in [1.29, 1.82) is 0 Å². The fraction of sp³-hybridized carbons (Fsp3) is 0.562. The lowest BCUT2D eigenvalue weighted by molar-refractivity contribution is 0.320. The molecule has 1 aromatic carbocycles. The maximum Gasteiger partial charge on any atom is 0.0721 e. The summed E-state index contributed by atoms with van der Waals surface area (Å²) in [6.07, 6.45) is 6.54. The second-order valence-corrected chi connectivity index (χ2v) is 6.22. The molecule has 1 N–H and O–H groups in total. The highest BCUT2D eigenvalue weighted by atomic mass is 15.3. The fourth-order valence-corrected chi connectivity index (χ4v) is 3.83. The molecule has 1 aromatic heterocycles. The average Bonchev–Trinajstić information content (AvgIpc) is 3.12. The second kappa shape index (κ2) is 4.07. The quantitative estimate of drug-likeness (QED) is 0.913. The summed E-state index contributed by atoms with van der Waals surface area (Å²) in [5, 5.41) is 9.92. The predicted octanol–water partition coefficient (Wildman–Crippen LogP) is 2.65. The van der Waals surface area contributed by atoms with Gasteiger partial charge in [0.2, 0.25) is 0 Å². The third kappa shape index (κ3) is 1.79. The van der Waals surface area contributed by atoms with Crippen LogP contribution in [0.5, 0.6) is 0 Å². The first-order valence-corrected chi connectivity index (χ1v) is 7.44. The third-order valence-electron chi connectivity index (χ3n) is 4.95. The number of nitrogens with zero attached hydrogens (tertiary/aromatic N) is 2. The van der Waals surface area contributed by atoms with Gasteiger partial charge in [-0.2, -0.15) is 5.10 Å². The number of para-hydroxylation sites is 1. The maximum absolute atomic E-state index is 4.79. The van der Waals surface area contributed by atoms with Crippen LogP contribution in [-0.2, 0) is 13.5 Å². The Bertz CT molecular complexity index is 603. The highest BCUT2D eigenvalue weighted by Gasteiger charge is 2.47. The molecule has 2 fully saturated rings. The molecule has 3 nitrogen and oxygen atoms in total. The van der Waals surface area contributed by atoms with E-state index in [4.69, 9.17) is 5.10 Å². The van der Waals surface area contributed by atoms with E-state index in [9.17, 15) is 0 Å². The minimum Gasteiger partial charge on any atom is -0.311 e. The van der Waals surface area contributed by atoms with Crippen LogP contribution in [0.25, 0.3) is 10.9 Å². The number of benzene rings is 1. The average molecular weight is 255 g/mol. The van der Waals surface area contributed by atoms with Gasteiger partial charge in [0.1, 0.15) is 0 Å². The van der Waals surface area contributed by atoms with Crippen molar-refractivity contribution in [3.05, 3.63) is 30.0 Å². The van der Waals surface area contributed by atoms with E-state index < -0.39 is 0 Å². The van der Waals surface area contributed by atoms with Crippen molar-refractivity contribution in [3.8, 4) is 0 Å². The van der Waals surface area contributed by atoms with Gasteiger partial charge in [0.25, 0.3) is 0 Å². The molecule has 1 atom stereocenters. The maximum atomic E-state index is 4.79. The van der Waals surface area contributed by atoms with E-state index in [-0.39, 0.29) is 0 Å². The number of aromatic nitrogens is 2. The van der Waals surface area contributed by atoms with Gasteiger partial charge in [-0.1, -0.05) is 18.2 Å². The topological polar surface area (TPSA) is 29.9 Å². The van der Waals surface area contributed by atoms with Crippen molar-refractivity contribution in [2.75, 3.05) is 6.54 Å². The van der Waals surface area contributed by atoms with Gasteiger partial charge in [-0.25, -0.2) is 0 Å². The summed E-state index contributed by atoms with van der Waals surface area (Å²) in [4.78, 5) is 0. The molecular formula is C16H21N3. The van der Waals surface area contributed by atoms with Crippen LogP contribution in [0.15, 0.2) is 24.3 Å². The third-order valence-corrected chi connectivity index (χ3v) is 4.95. The molecule has 1 saturated heterocycles. The van der Waals surface area contributed by atoms with Gasteiger partial charge in [-0.3, -0.25) is 4.68 Å². The molecule has 0 amide bonds. The second-order valence-electron chi connectivity index (χ2n) is 6.22. The van der Waals surface area contributed by atoms with Crippen molar-refractivity contribution in [2.24, 2.45) is 13.0 Å². The number of aryl methyl sites for hydroxylation is 1. The van der Waals surface area contributed by atoms with E-state index in [2.05, 4.69) is 36.6 Å². The monoisotopic (exact) mass is 255 g/mol. The summed E-state index contributed by atoms with van der Waals surface area (Å²) in [5.41, 5.74) is 2.87. The van der Waals surface area contributed by atoms with Gasteiger partial charge < -0.3 is 5.32 Å². The van der Waals surface area contributed by atoms with Crippen molar-refractivity contribution in [3.63, 3.8) is 0 Å². The molecular weight excluding hydrogens is 234 g/mol. The molecule has 1 unspecified atom stereocenters. The number of hydrogen-bond donors (Lipinski definition) is 1. The molecule has 2 aromatic rings. The lowest BCUT2D eigenvalue weighted by Crippen LogP contribution is -2.44. The Hall–Kier alpha value is -1.35. The first kappa shape index (κ1) is 11.5. The van der Waals surface area contributed by atoms with E-state index in [1.807, 2.05) is 4.68 Å². The molecule has 1 aliphatic carbocycles. The molecule has 2 heterocycles. The van der Waals surface area contributed by atoms with E-state index in [0.29, 0.717) is 5.54 Å². The largest absolute Gasteiger partial charge is 0.311 e. The molecule has 1 aliphatic heterocycles. The molecule has 1 saturated carbocycles. The smallest absolute Gasteiger partial charge is 0.0721 e. The standard InChI is InChI=1S/C16H21N3/c1-19-15-6-3-2-5-13(15)14(18-19)11-16(12-7-8-12)9-4-10-17-16/h2-3,5-6,12,17H,4,7-11H2,1H3. The number of nitrogens with one attached hydrogen (secondary N) is 1. The van der Waals surface area contributed by atoms with Gasteiger partial charge in [0, 0.05) is 24.4 Å². The highest BCUT2D eigenvalue weighted by Crippen LogP contribution is 2.46. The molecule has 19 heavy (non-hydrogen) atoms. The van der Waals surface area contributed by atoms with Gasteiger partial charge >= 0.3 is 0 Å². The lowest BCUT2D eigenvalue weighted by atomic mass is 9.86.